The van der Waals surface area contributed by atoms with Gasteiger partial charge in [0, 0.05) is 6.42 Å². The third-order valence-corrected chi connectivity index (χ3v) is 4.74. The molecule has 0 saturated heterocycles. The highest BCUT2D eigenvalue weighted by molar-refractivity contribution is 5.74. The summed E-state index contributed by atoms with van der Waals surface area (Å²) in [7, 11) is 8.59. The third kappa shape index (κ3) is 3.32. The number of ether oxygens (including phenoxy) is 1. The minimum Gasteiger partial charge on any atom is -0.496 e. The first-order valence-electron chi connectivity index (χ1n) is 7.91. The second kappa shape index (κ2) is 5.84. The molecule has 0 bridgehead atoms. The first kappa shape index (κ1) is 16.1. The second-order valence-electron chi connectivity index (χ2n) is 7.37. The van der Waals surface area contributed by atoms with Crippen LogP contribution in [0.4, 0.5) is 0 Å². The normalized spacial score (nSPS) is 15.2. The monoisotopic (exact) mass is 288 g/mol. The molecule has 0 aliphatic heterocycles. The molecule has 0 unspecified atom stereocenters. The van der Waals surface area contributed by atoms with Crippen LogP contribution in [0.25, 0.3) is 5.57 Å². The molecular weight excluding hydrogens is 258 g/mol. The molecule has 1 aromatic rings. The van der Waals surface area contributed by atoms with Crippen LogP contribution in [0.1, 0.15) is 42.0 Å². The number of aryl methyl sites for hydroxylation is 1. The Morgan fingerprint density at radius 2 is 1.76 bits per heavy atom. The number of quaternary nitrogens is 1. The number of benzene rings is 1. The molecule has 1 aromatic carbocycles. The van der Waals surface area contributed by atoms with Crippen molar-refractivity contribution in [3.8, 4) is 5.75 Å². The third-order valence-electron chi connectivity index (χ3n) is 4.74. The lowest BCUT2D eigenvalue weighted by Gasteiger charge is -2.28. The van der Waals surface area contributed by atoms with Crippen LogP contribution in [-0.2, 0) is 6.42 Å². The van der Waals surface area contributed by atoms with Crippen LogP contribution >= 0.6 is 0 Å². The van der Waals surface area contributed by atoms with E-state index in [0.29, 0.717) is 0 Å². The van der Waals surface area contributed by atoms with Crippen molar-refractivity contribution in [3.63, 3.8) is 0 Å². The van der Waals surface area contributed by atoms with E-state index in [4.69, 9.17) is 4.74 Å². The van der Waals surface area contributed by atoms with Crippen LogP contribution in [0.15, 0.2) is 11.6 Å². The average molecular weight is 288 g/mol. The molecule has 0 fully saturated rings. The van der Waals surface area contributed by atoms with Gasteiger partial charge in [0.1, 0.15) is 5.75 Å². The molecule has 1 aliphatic rings. The molecule has 116 valence electrons. The summed E-state index contributed by atoms with van der Waals surface area (Å²) in [6, 6.07) is 2.32. The maximum atomic E-state index is 5.58. The molecule has 0 saturated carbocycles. The minimum atomic E-state index is 1.03. The summed E-state index contributed by atoms with van der Waals surface area (Å²) in [6.45, 7) is 7.86. The summed E-state index contributed by atoms with van der Waals surface area (Å²) in [5, 5.41) is 0. The Hall–Kier alpha value is -1.28. The van der Waals surface area contributed by atoms with Gasteiger partial charge < -0.3 is 9.22 Å². The molecule has 21 heavy (non-hydrogen) atoms. The first-order chi connectivity index (χ1) is 9.74. The van der Waals surface area contributed by atoms with Gasteiger partial charge >= 0.3 is 0 Å². The smallest absolute Gasteiger partial charge is 0.124 e. The van der Waals surface area contributed by atoms with E-state index >= 15 is 0 Å². The van der Waals surface area contributed by atoms with E-state index in [1.807, 2.05) is 0 Å². The highest BCUT2D eigenvalue weighted by Gasteiger charge is 2.22. The number of methoxy groups -OCH3 is 1. The summed E-state index contributed by atoms with van der Waals surface area (Å²) in [6.07, 6.45) is 3.56. The van der Waals surface area contributed by atoms with Crippen molar-refractivity contribution >= 4 is 5.57 Å². The van der Waals surface area contributed by atoms with Crippen molar-refractivity contribution in [2.75, 3.05) is 34.8 Å². The number of nitrogens with zero attached hydrogens (tertiary/aromatic N) is 1. The number of allylic oxidation sites excluding steroid dienone is 1. The van der Waals surface area contributed by atoms with Gasteiger partial charge in [0.2, 0.25) is 0 Å². The van der Waals surface area contributed by atoms with Gasteiger partial charge in [0.25, 0.3) is 0 Å². The van der Waals surface area contributed by atoms with Gasteiger partial charge in [-0.25, -0.2) is 0 Å². The van der Waals surface area contributed by atoms with Gasteiger partial charge in [-0.1, -0.05) is 5.57 Å². The first-order valence-corrected chi connectivity index (χ1v) is 7.91. The molecule has 0 radical (unpaired) electrons. The van der Waals surface area contributed by atoms with Crippen molar-refractivity contribution < 1.29 is 9.22 Å². The van der Waals surface area contributed by atoms with E-state index in [9.17, 15) is 0 Å². The average Bonchev–Trinajstić information content (AvgIpc) is 2.38. The van der Waals surface area contributed by atoms with Gasteiger partial charge in [-0.3, -0.25) is 0 Å². The van der Waals surface area contributed by atoms with Crippen molar-refractivity contribution in [1.82, 2.24) is 0 Å². The molecule has 0 spiro atoms. The zero-order valence-corrected chi connectivity index (χ0v) is 14.8. The zero-order chi connectivity index (χ0) is 15.8. The molecule has 2 nitrogen and oxygen atoms in total. The Balaban J connectivity index is 2.39. The van der Waals surface area contributed by atoms with E-state index in [1.165, 1.54) is 47.2 Å². The van der Waals surface area contributed by atoms with Gasteiger partial charge in [0.15, 0.2) is 0 Å². The van der Waals surface area contributed by atoms with E-state index in [1.54, 1.807) is 12.7 Å². The van der Waals surface area contributed by atoms with Crippen molar-refractivity contribution in [2.45, 2.75) is 40.0 Å². The van der Waals surface area contributed by atoms with Gasteiger partial charge in [-0.2, -0.15) is 0 Å². The van der Waals surface area contributed by atoms with Crippen LogP contribution in [0.3, 0.4) is 0 Å². The van der Waals surface area contributed by atoms with E-state index < -0.39 is 0 Å². The van der Waals surface area contributed by atoms with Crippen LogP contribution in [0, 0.1) is 13.8 Å². The van der Waals surface area contributed by atoms with Crippen LogP contribution in [0.2, 0.25) is 0 Å². The summed E-state index contributed by atoms with van der Waals surface area (Å²) in [5.74, 6) is 1.07. The maximum Gasteiger partial charge on any atom is 0.124 e. The summed E-state index contributed by atoms with van der Waals surface area (Å²) in [5.41, 5.74) is 8.66. The highest BCUT2D eigenvalue weighted by atomic mass is 16.5. The van der Waals surface area contributed by atoms with Crippen molar-refractivity contribution in [2.24, 2.45) is 0 Å². The molecule has 1 aliphatic carbocycles. The molecule has 0 atom stereocenters. The summed E-state index contributed by atoms with van der Waals surface area (Å²) < 4.78 is 6.61. The predicted octanol–water partition coefficient (Wildman–Crippen LogP) is 4.13. The van der Waals surface area contributed by atoms with E-state index in [2.05, 4.69) is 48.0 Å². The van der Waals surface area contributed by atoms with Crippen LogP contribution in [-0.4, -0.2) is 39.3 Å². The molecule has 2 rings (SSSR count). The molecule has 0 amide bonds. The van der Waals surface area contributed by atoms with Crippen molar-refractivity contribution in [1.29, 1.82) is 0 Å². The lowest BCUT2D eigenvalue weighted by molar-refractivity contribution is -0.870. The van der Waals surface area contributed by atoms with E-state index in [0.717, 1.165) is 16.7 Å². The Bertz CT molecular complexity index is 576. The van der Waals surface area contributed by atoms with Gasteiger partial charge in [-0.05, 0) is 67.5 Å². The predicted molar refractivity (Wildman–Crippen MR) is 90.9 cm³/mol. The fourth-order valence-corrected chi connectivity index (χ4v) is 3.41. The Labute approximate surface area is 130 Å². The lowest BCUT2D eigenvalue weighted by Crippen LogP contribution is -2.35. The summed E-state index contributed by atoms with van der Waals surface area (Å²) >= 11 is 0. The number of rotatable bonds is 4. The molecular formula is C19H30NO+. The fraction of sp³-hybridized carbons (Fsp3) is 0.579. The number of hydrogen-bond acceptors (Lipinski definition) is 1. The van der Waals surface area contributed by atoms with E-state index in [-0.39, 0.29) is 0 Å². The SMILES string of the molecule is COc1c(C)cc2c(c1C)CCC(CC[N+](C)(C)C)=C2C. The maximum absolute atomic E-state index is 5.58. The van der Waals surface area contributed by atoms with Gasteiger partial charge in [-0.15, -0.1) is 0 Å². The topological polar surface area (TPSA) is 9.23 Å². The lowest BCUT2D eigenvalue weighted by atomic mass is 9.81. The minimum absolute atomic E-state index is 1.03. The van der Waals surface area contributed by atoms with Crippen molar-refractivity contribution in [3.05, 3.63) is 33.9 Å². The highest BCUT2D eigenvalue weighted by Crippen LogP contribution is 2.39. The summed E-state index contributed by atoms with van der Waals surface area (Å²) in [4.78, 5) is 0. The largest absolute Gasteiger partial charge is 0.496 e. The second-order valence-corrected chi connectivity index (χ2v) is 7.37. The van der Waals surface area contributed by atoms with Crippen LogP contribution in [0.5, 0.6) is 5.75 Å². The molecule has 0 aromatic heterocycles. The zero-order valence-electron chi connectivity index (χ0n) is 14.8. The molecule has 0 heterocycles. The van der Waals surface area contributed by atoms with Gasteiger partial charge in [0.05, 0.1) is 34.8 Å². The Morgan fingerprint density at radius 3 is 2.33 bits per heavy atom. The fourth-order valence-electron chi connectivity index (χ4n) is 3.41. The number of hydrogen-bond donors (Lipinski definition) is 0. The Kier molecular flexibility index (Phi) is 4.48. The van der Waals surface area contributed by atoms with Crippen LogP contribution < -0.4 is 4.74 Å². The Morgan fingerprint density at radius 1 is 1.10 bits per heavy atom. The number of fused-ring (bicyclic) bond motifs is 1. The standard InChI is InChI=1S/C19H30NO/c1-13-12-18-14(2)16(10-11-20(4,5)6)8-9-17(18)15(3)19(13)21-7/h12H,8-11H2,1-7H3/q+1. The quantitative estimate of drug-likeness (QED) is 0.757. The molecule has 2 heteroatoms. The molecule has 0 N–H and O–H groups in total.